The first-order chi connectivity index (χ1) is 12.0. The third-order valence-electron chi connectivity index (χ3n) is 3.66. The van der Waals surface area contributed by atoms with Crippen LogP contribution in [0.1, 0.15) is 28.4 Å². The van der Waals surface area contributed by atoms with Gasteiger partial charge in [-0.1, -0.05) is 30.3 Å². The summed E-state index contributed by atoms with van der Waals surface area (Å²) >= 11 is 0. The van der Waals surface area contributed by atoms with E-state index in [2.05, 4.69) is 5.32 Å². The minimum atomic E-state index is -1.02. The van der Waals surface area contributed by atoms with Crippen LogP contribution >= 0.6 is 0 Å². The quantitative estimate of drug-likeness (QED) is 0.681. The molecule has 0 aliphatic rings. The predicted octanol–water partition coefficient (Wildman–Crippen LogP) is 1.97. The molecule has 1 unspecified atom stereocenters. The second-order valence-corrected chi connectivity index (χ2v) is 5.61. The van der Waals surface area contributed by atoms with Crippen LogP contribution in [-0.2, 0) is 17.8 Å². The first kappa shape index (κ1) is 18.5. The van der Waals surface area contributed by atoms with Crippen molar-refractivity contribution in [1.82, 2.24) is 5.32 Å². The lowest BCUT2D eigenvalue weighted by molar-refractivity contribution is -0.138. The van der Waals surface area contributed by atoms with Gasteiger partial charge in [-0.05, 0) is 42.7 Å². The van der Waals surface area contributed by atoms with E-state index >= 15 is 0 Å². The van der Waals surface area contributed by atoms with Crippen molar-refractivity contribution in [2.75, 3.05) is 6.61 Å². The lowest BCUT2D eigenvalue weighted by Gasteiger charge is -2.09. The van der Waals surface area contributed by atoms with Gasteiger partial charge >= 0.3 is 5.97 Å². The van der Waals surface area contributed by atoms with Gasteiger partial charge in [0.2, 0.25) is 0 Å². The highest BCUT2D eigenvalue weighted by Crippen LogP contribution is 2.13. The standard InChI is InChI=1S/C19H22N2O4/c1-2-25-16-5-3-4-15(11-16)18(22)21-12-14-8-6-13(7-9-14)10-17(20)19(23)24/h3-9,11,17H,2,10,12,20H2,1H3,(H,21,22)(H,23,24). The van der Waals surface area contributed by atoms with Gasteiger partial charge in [-0.2, -0.15) is 0 Å². The van der Waals surface area contributed by atoms with Gasteiger partial charge in [0.05, 0.1) is 6.61 Å². The summed E-state index contributed by atoms with van der Waals surface area (Å²) in [5, 5.41) is 11.7. The maximum absolute atomic E-state index is 12.2. The van der Waals surface area contributed by atoms with Crippen LogP contribution in [0.2, 0.25) is 0 Å². The number of ether oxygens (including phenoxy) is 1. The van der Waals surface area contributed by atoms with Gasteiger partial charge in [0.15, 0.2) is 0 Å². The third-order valence-corrected chi connectivity index (χ3v) is 3.66. The minimum absolute atomic E-state index is 0.182. The van der Waals surface area contributed by atoms with Crippen molar-refractivity contribution < 1.29 is 19.4 Å². The van der Waals surface area contributed by atoms with Crippen LogP contribution in [0.25, 0.3) is 0 Å². The van der Waals surface area contributed by atoms with E-state index in [1.807, 2.05) is 31.2 Å². The molecule has 25 heavy (non-hydrogen) atoms. The van der Waals surface area contributed by atoms with Crippen LogP contribution in [0, 0.1) is 0 Å². The molecule has 0 saturated heterocycles. The van der Waals surface area contributed by atoms with Crippen molar-refractivity contribution in [3.05, 3.63) is 65.2 Å². The van der Waals surface area contributed by atoms with Crippen LogP contribution < -0.4 is 15.8 Å². The number of aliphatic carboxylic acids is 1. The molecule has 0 aliphatic heterocycles. The number of carboxylic acids is 1. The summed E-state index contributed by atoms with van der Waals surface area (Å²) in [4.78, 5) is 23.0. The summed E-state index contributed by atoms with van der Waals surface area (Å²) in [5.41, 5.74) is 7.81. The zero-order chi connectivity index (χ0) is 18.2. The van der Waals surface area contributed by atoms with Crippen LogP contribution in [0.5, 0.6) is 5.75 Å². The maximum atomic E-state index is 12.2. The Morgan fingerprint density at radius 3 is 2.48 bits per heavy atom. The van der Waals surface area contributed by atoms with Crippen LogP contribution in [0.3, 0.4) is 0 Å². The average molecular weight is 342 g/mol. The Morgan fingerprint density at radius 2 is 1.84 bits per heavy atom. The number of carbonyl (C=O) groups is 2. The summed E-state index contributed by atoms with van der Waals surface area (Å²) in [7, 11) is 0. The number of benzene rings is 2. The largest absolute Gasteiger partial charge is 0.494 e. The topological polar surface area (TPSA) is 102 Å². The van der Waals surface area contributed by atoms with E-state index < -0.39 is 12.0 Å². The zero-order valence-corrected chi connectivity index (χ0v) is 14.1. The molecule has 4 N–H and O–H groups in total. The molecule has 6 heteroatoms. The lowest BCUT2D eigenvalue weighted by Crippen LogP contribution is -2.32. The monoisotopic (exact) mass is 342 g/mol. The Bertz CT molecular complexity index is 728. The van der Waals surface area contributed by atoms with Gasteiger partial charge in [0, 0.05) is 12.1 Å². The summed E-state index contributed by atoms with van der Waals surface area (Å²) in [5.74, 6) is -0.543. The van der Waals surface area contributed by atoms with Gasteiger partial charge in [-0.15, -0.1) is 0 Å². The maximum Gasteiger partial charge on any atom is 0.320 e. The fourth-order valence-electron chi connectivity index (χ4n) is 2.31. The van der Waals surface area contributed by atoms with Crippen molar-refractivity contribution in [1.29, 1.82) is 0 Å². The summed E-state index contributed by atoms with van der Waals surface area (Å²) < 4.78 is 5.39. The molecular formula is C19H22N2O4. The molecule has 0 heterocycles. The molecule has 6 nitrogen and oxygen atoms in total. The van der Waals surface area contributed by atoms with Gasteiger partial charge in [0.25, 0.3) is 5.91 Å². The second-order valence-electron chi connectivity index (χ2n) is 5.61. The molecule has 0 bridgehead atoms. The Labute approximate surface area is 146 Å². The summed E-state index contributed by atoms with van der Waals surface area (Å²) in [6, 6.07) is 13.4. The smallest absolute Gasteiger partial charge is 0.320 e. The number of hydrogen-bond acceptors (Lipinski definition) is 4. The predicted molar refractivity (Wildman–Crippen MR) is 94.5 cm³/mol. The number of hydrogen-bond donors (Lipinski definition) is 3. The molecule has 2 rings (SSSR count). The van der Waals surface area contributed by atoms with E-state index in [-0.39, 0.29) is 12.3 Å². The van der Waals surface area contributed by atoms with Crippen molar-refractivity contribution in [3.8, 4) is 5.75 Å². The first-order valence-electron chi connectivity index (χ1n) is 8.07. The molecule has 0 saturated carbocycles. The Kier molecular flexibility index (Phi) is 6.54. The van der Waals surface area contributed by atoms with Crippen LogP contribution in [-0.4, -0.2) is 29.6 Å². The van der Waals surface area contributed by atoms with Crippen molar-refractivity contribution in [3.63, 3.8) is 0 Å². The number of nitrogens with one attached hydrogen (secondary N) is 1. The molecule has 0 aliphatic carbocycles. The van der Waals surface area contributed by atoms with E-state index in [0.29, 0.717) is 24.5 Å². The SMILES string of the molecule is CCOc1cccc(C(=O)NCc2ccc(CC(N)C(=O)O)cc2)c1. The minimum Gasteiger partial charge on any atom is -0.494 e. The number of rotatable bonds is 8. The highest BCUT2D eigenvalue weighted by Gasteiger charge is 2.12. The normalized spacial score (nSPS) is 11.6. The summed E-state index contributed by atoms with van der Waals surface area (Å²) in [6.45, 7) is 2.81. The number of carbonyl (C=O) groups excluding carboxylic acids is 1. The molecule has 0 fully saturated rings. The molecule has 2 aromatic rings. The Morgan fingerprint density at radius 1 is 1.16 bits per heavy atom. The molecule has 1 atom stereocenters. The fourth-order valence-corrected chi connectivity index (χ4v) is 2.31. The number of nitrogens with two attached hydrogens (primary N) is 1. The average Bonchev–Trinajstić information content (AvgIpc) is 2.61. The number of amides is 1. The second kappa shape index (κ2) is 8.84. The fraction of sp³-hybridized carbons (Fsp3) is 0.263. The van der Waals surface area contributed by atoms with E-state index in [1.165, 1.54) is 0 Å². The Hall–Kier alpha value is -2.86. The highest BCUT2D eigenvalue weighted by molar-refractivity contribution is 5.94. The van der Waals surface area contributed by atoms with Crippen LogP contribution in [0.15, 0.2) is 48.5 Å². The van der Waals surface area contributed by atoms with Gasteiger partial charge in [0.1, 0.15) is 11.8 Å². The molecular weight excluding hydrogens is 320 g/mol. The van der Waals surface area contributed by atoms with Gasteiger partial charge in [-0.3, -0.25) is 9.59 Å². The lowest BCUT2D eigenvalue weighted by atomic mass is 10.0. The number of carboxylic acid groups (broad SMARTS) is 1. The van der Waals surface area contributed by atoms with Crippen molar-refractivity contribution in [2.45, 2.75) is 25.9 Å². The molecule has 0 radical (unpaired) electrons. The third kappa shape index (κ3) is 5.61. The molecule has 0 spiro atoms. The van der Waals surface area contributed by atoms with Crippen LogP contribution in [0.4, 0.5) is 0 Å². The van der Waals surface area contributed by atoms with Crippen molar-refractivity contribution in [2.24, 2.45) is 5.73 Å². The molecule has 1 amide bonds. The van der Waals surface area contributed by atoms with E-state index in [4.69, 9.17) is 15.6 Å². The van der Waals surface area contributed by atoms with Crippen molar-refractivity contribution >= 4 is 11.9 Å². The zero-order valence-electron chi connectivity index (χ0n) is 14.1. The van der Waals surface area contributed by atoms with E-state index in [1.54, 1.807) is 24.3 Å². The Balaban J connectivity index is 1.91. The highest BCUT2D eigenvalue weighted by atomic mass is 16.5. The van der Waals surface area contributed by atoms with E-state index in [9.17, 15) is 9.59 Å². The first-order valence-corrected chi connectivity index (χ1v) is 8.07. The van der Waals surface area contributed by atoms with Gasteiger partial charge < -0.3 is 20.9 Å². The molecule has 2 aromatic carbocycles. The summed E-state index contributed by atoms with van der Waals surface area (Å²) in [6.07, 6.45) is 0.270. The molecule has 132 valence electrons. The molecule has 0 aromatic heterocycles. The van der Waals surface area contributed by atoms with E-state index in [0.717, 1.165) is 11.1 Å². The van der Waals surface area contributed by atoms with Gasteiger partial charge in [-0.25, -0.2) is 0 Å².